The smallest absolute Gasteiger partial charge is 0.303 e. The lowest BCUT2D eigenvalue weighted by atomic mass is 10.2. The van der Waals surface area contributed by atoms with E-state index in [0.29, 0.717) is 26.5 Å². The van der Waals surface area contributed by atoms with Gasteiger partial charge in [-0.1, -0.05) is 47.2 Å². The first kappa shape index (κ1) is 21.6. The number of carbonyl (C=O) groups excluding carboxylic acids is 2. The van der Waals surface area contributed by atoms with Gasteiger partial charge in [0.1, 0.15) is 15.8 Å². The lowest BCUT2D eigenvalue weighted by Gasteiger charge is -2.12. The van der Waals surface area contributed by atoms with E-state index < -0.39 is 11.9 Å². The van der Waals surface area contributed by atoms with E-state index >= 15 is 0 Å². The van der Waals surface area contributed by atoms with E-state index in [2.05, 4.69) is 0 Å². The van der Waals surface area contributed by atoms with E-state index in [1.165, 1.54) is 4.90 Å². The van der Waals surface area contributed by atoms with E-state index in [1.54, 1.807) is 36.4 Å². The average molecular weight is 470 g/mol. The summed E-state index contributed by atoms with van der Waals surface area (Å²) >= 11 is 18.2. The first-order valence-electron chi connectivity index (χ1n) is 8.28. The Balaban J connectivity index is 1.72. The number of furan rings is 1. The Morgan fingerprint density at radius 3 is 2.62 bits per heavy atom. The quantitative estimate of drug-likeness (QED) is 0.456. The number of carbonyl (C=O) groups is 3. The number of thiocarbonyl (C=S) groups is 1. The summed E-state index contributed by atoms with van der Waals surface area (Å²) in [5, 5.41) is 9.48. The third kappa shape index (κ3) is 5.27. The highest BCUT2D eigenvalue weighted by molar-refractivity contribution is 8.26. The molecule has 0 unspecified atom stereocenters. The van der Waals surface area contributed by atoms with Crippen LogP contribution in [0.2, 0.25) is 10.0 Å². The lowest BCUT2D eigenvalue weighted by molar-refractivity contribution is -0.138. The number of hydrogen-bond acceptors (Lipinski definition) is 6. The third-order valence-electron chi connectivity index (χ3n) is 3.93. The zero-order valence-corrected chi connectivity index (χ0v) is 17.8. The van der Waals surface area contributed by atoms with E-state index in [9.17, 15) is 14.4 Å². The molecule has 1 aliphatic heterocycles. The van der Waals surface area contributed by atoms with Gasteiger partial charge in [0.15, 0.2) is 5.78 Å². The molecule has 150 valence electrons. The molecular weight excluding hydrogens is 457 g/mol. The molecule has 0 saturated carbocycles. The molecule has 0 spiro atoms. The minimum Gasteiger partial charge on any atom is -0.481 e. The second-order valence-corrected chi connectivity index (χ2v) is 8.52. The molecule has 6 nitrogen and oxygen atoms in total. The molecule has 0 aliphatic carbocycles. The van der Waals surface area contributed by atoms with Crippen molar-refractivity contribution in [3.8, 4) is 11.3 Å². The average Bonchev–Trinajstić information content (AvgIpc) is 3.23. The molecule has 1 N–H and O–H groups in total. The maximum Gasteiger partial charge on any atom is 0.303 e. The molecule has 1 aromatic carbocycles. The normalized spacial score (nSPS) is 15.4. The monoisotopic (exact) mass is 469 g/mol. The summed E-state index contributed by atoms with van der Waals surface area (Å²) in [5.74, 6) is -0.877. The second-order valence-electron chi connectivity index (χ2n) is 6.03. The molecule has 0 radical (unpaired) electrons. The number of aliphatic carboxylic acids is 1. The molecule has 10 heteroatoms. The number of halogens is 2. The van der Waals surface area contributed by atoms with E-state index in [4.69, 9.17) is 44.9 Å². The fraction of sp³-hybridized carbons (Fsp3) is 0.158. The van der Waals surface area contributed by atoms with Gasteiger partial charge < -0.3 is 9.52 Å². The summed E-state index contributed by atoms with van der Waals surface area (Å²) in [7, 11) is 0. The topological polar surface area (TPSA) is 87.8 Å². The van der Waals surface area contributed by atoms with Gasteiger partial charge in [-0.2, -0.15) is 0 Å². The number of Topliss-reactive ketones (excluding diaryl/α,β-unsaturated/α-hetero) is 1. The Morgan fingerprint density at radius 2 is 1.93 bits per heavy atom. The van der Waals surface area contributed by atoms with Crippen LogP contribution in [-0.2, 0) is 14.4 Å². The van der Waals surface area contributed by atoms with Crippen molar-refractivity contribution in [3.05, 3.63) is 51.0 Å². The van der Waals surface area contributed by atoms with Crippen molar-refractivity contribution in [1.29, 1.82) is 0 Å². The minimum atomic E-state index is -1.07. The Morgan fingerprint density at radius 1 is 1.17 bits per heavy atom. The van der Waals surface area contributed by atoms with Crippen LogP contribution >= 0.6 is 47.2 Å². The van der Waals surface area contributed by atoms with Crippen LogP contribution in [-0.4, -0.2) is 38.5 Å². The number of carboxylic acids is 1. The lowest BCUT2D eigenvalue weighted by Crippen LogP contribution is -2.33. The van der Waals surface area contributed by atoms with Crippen molar-refractivity contribution >= 4 is 75.2 Å². The number of benzene rings is 1. The number of amides is 1. The van der Waals surface area contributed by atoms with Gasteiger partial charge in [-0.25, -0.2) is 0 Å². The fourth-order valence-corrected chi connectivity index (χ4v) is 4.04. The largest absolute Gasteiger partial charge is 0.481 e. The number of nitrogens with zero attached hydrogens (tertiary/aromatic N) is 1. The second kappa shape index (κ2) is 9.13. The number of ketones is 1. The van der Waals surface area contributed by atoms with Gasteiger partial charge >= 0.3 is 5.97 Å². The van der Waals surface area contributed by atoms with Gasteiger partial charge in [0.05, 0.1) is 27.9 Å². The molecular formula is C19H13Cl2NO5S2. The predicted molar refractivity (Wildman–Crippen MR) is 116 cm³/mol. The van der Waals surface area contributed by atoms with E-state index in [-0.39, 0.29) is 29.5 Å². The van der Waals surface area contributed by atoms with Crippen LogP contribution < -0.4 is 0 Å². The van der Waals surface area contributed by atoms with Gasteiger partial charge in [0.25, 0.3) is 5.91 Å². The van der Waals surface area contributed by atoms with Gasteiger partial charge in [0.2, 0.25) is 0 Å². The van der Waals surface area contributed by atoms with Crippen LogP contribution in [0.25, 0.3) is 17.4 Å². The zero-order valence-electron chi connectivity index (χ0n) is 14.7. The van der Waals surface area contributed by atoms with E-state index in [1.807, 2.05) is 0 Å². The summed E-state index contributed by atoms with van der Waals surface area (Å²) in [4.78, 5) is 36.5. The standard InChI is InChI=1S/C19H13Cl2NO5S2/c20-13-4-1-10(7-14(13)21)15-5-3-12(27-15)8-16-18(26)22(19(28)29-16)9-11(23)2-6-17(24)25/h1,3-5,7-8H,2,6,9H2,(H,24,25). The predicted octanol–water partition coefficient (Wildman–Crippen LogP) is 4.89. The Labute approximate surface area is 185 Å². The van der Waals surface area contributed by atoms with Gasteiger partial charge in [-0.3, -0.25) is 19.3 Å². The van der Waals surface area contributed by atoms with Crippen molar-refractivity contribution < 1.29 is 23.9 Å². The van der Waals surface area contributed by atoms with Gasteiger partial charge in [-0.05, 0) is 30.3 Å². The number of thioether (sulfide) groups is 1. The van der Waals surface area contributed by atoms with Crippen molar-refractivity contribution in [2.75, 3.05) is 6.54 Å². The summed E-state index contributed by atoms with van der Waals surface area (Å²) in [6.45, 7) is -0.248. The summed E-state index contributed by atoms with van der Waals surface area (Å²) < 4.78 is 5.99. The van der Waals surface area contributed by atoms with Gasteiger partial charge in [-0.15, -0.1) is 0 Å². The number of hydrogen-bond donors (Lipinski definition) is 1. The SMILES string of the molecule is O=C(O)CCC(=O)CN1C(=O)C(=Cc2ccc(-c3ccc(Cl)c(Cl)c3)o2)SC1=S. The highest BCUT2D eigenvalue weighted by Gasteiger charge is 2.33. The highest BCUT2D eigenvalue weighted by atomic mass is 35.5. The van der Waals surface area contributed by atoms with Crippen molar-refractivity contribution in [2.24, 2.45) is 0 Å². The molecule has 1 saturated heterocycles. The molecule has 0 atom stereocenters. The third-order valence-corrected chi connectivity index (χ3v) is 6.05. The maximum atomic E-state index is 12.6. The first-order valence-corrected chi connectivity index (χ1v) is 10.3. The van der Waals surface area contributed by atoms with Crippen molar-refractivity contribution in [1.82, 2.24) is 4.90 Å². The Hall–Kier alpha value is -2.13. The molecule has 29 heavy (non-hydrogen) atoms. The fourth-order valence-electron chi connectivity index (χ4n) is 2.50. The molecule has 1 fully saturated rings. The molecule has 3 rings (SSSR count). The molecule has 1 aromatic heterocycles. The zero-order chi connectivity index (χ0) is 21.1. The minimum absolute atomic E-state index is 0.156. The Bertz CT molecular complexity index is 1050. The van der Waals surface area contributed by atoms with Crippen molar-refractivity contribution in [3.63, 3.8) is 0 Å². The maximum absolute atomic E-state index is 12.6. The molecule has 0 bridgehead atoms. The van der Waals surface area contributed by atoms with E-state index in [0.717, 1.165) is 17.3 Å². The van der Waals surface area contributed by atoms with Crippen LogP contribution in [0.4, 0.5) is 0 Å². The van der Waals surface area contributed by atoms with Crippen LogP contribution in [0.5, 0.6) is 0 Å². The molecule has 1 aliphatic rings. The first-order chi connectivity index (χ1) is 13.7. The molecule has 1 amide bonds. The van der Waals surface area contributed by atoms with Crippen molar-refractivity contribution in [2.45, 2.75) is 12.8 Å². The summed E-state index contributed by atoms with van der Waals surface area (Å²) in [5.41, 5.74) is 0.732. The van der Waals surface area contributed by atoms with Crippen LogP contribution in [0.1, 0.15) is 18.6 Å². The summed E-state index contributed by atoms with van der Waals surface area (Å²) in [6.07, 6.45) is 1.10. The van der Waals surface area contributed by atoms with Gasteiger partial charge in [0, 0.05) is 18.1 Å². The highest BCUT2D eigenvalue weighted by Crippen LogP contribution is 2.34. The van der Waals surface area contributed by atoms with Crippen LogP contribution in [0, 0.1) is 0 Å². The Kier molecular flexibility index (Phi) is 6.79. The number of rotatable bonds is 7. The molecule has 2 aromatic rings. The number of carboxylic acid groups (broad SMARTS) is 1. The van der Waals surface area contributed by atoms with Crippen LogP contribution in [0.3, 0.4) is 0 Å². The summed E-state index contributed by atoms with van der Waals surface area (Å²) in [6, 6.07) is 8.53. The van der Waals surface area contributed by atoms with Crippen LogP contribution in [0.15, 0.2) is 39.7 Å². The molecule has 2 heterocycles.